The normalized spacial score (nSPS) is 18.2. The summed E-state index contributed by atoms with van der Waals surface area (Å²) in [6.45, 7) is 2.81. The van der Waals surface area contributed by atoms with Crippen molar-refractivity contribution in [2.24, 2.45) is 5.16 Å². The van der Waals surface area contributed by atoms with Gasteiger partial charge in [-0.2, -0.15) is 5.10 Å². The Morgan fingerprint density at radius 2 is 2.00 bits per heavy atom. The minimum atomic E-state index is -0.139. The summed E-state index contributed by atoms with van der Waals surface area (Å²) in [4.78, 5) is 19.2. The van der Waals surface area contributed by atoms with E-state index in [0.717, 1.165) is 53.8 Å². The van der Waals surface area contributed by atoms with Crippen molar-refractivity contribution in [3.63, 3.8) is 0 Å². The molecule has 1 fully saturated rings. The molecule has 3 aromatic rings. The summed E-state index contributed by atoms with van der Waals surface area (Å²) < 4.78 is 1.89. The van der Waals surface area contributed by atoms with E-state index in [9.17, 15) is 0 Å². The van der Waals surface area contributed by atoms with Crippen molar-refractivity contribution in [3.8, 4) is 0 Å². The Hall–Kier alpha value is -3.03. The molecule has 1 spiro atoms. The zero-order valence-electron chi connectivity index (χ0n) is 15.9. The lowest BCUT2D eigenvalue weighted by Crippen LogP contribution is -2.31. The molecule has 1 N–H and O–H groups in total. The number of oxime groups is 1. The van der Waals surface area contributed by atoms with Gasteiger partial charge in [0.1, 0.15) is 11.4 Å². The summed E-state index contributed by atoms with van der Waals surface area (Å²) in [7, 11) is 0. The Morgan fingerprint density at radius 3 is 2.79 bits per heavy atom. The van der Waals surface area contributed by atoms with Crippen LogP contribution in [0.1, 0.15) is 51.0 Å². The highest BCUT2D eigenvalue weighted by Gasteiger charge is 2.41. The number of fused-ring (bicyclic) bond motifs is 1. The average molecular weight is 377 g/mol. The highest BCUT2D eigenvalue weighted by molar-refractivity contribution is 6.11. The van der Waals surface area contributed by atoms with Crippen LogP contribution in [0.2, 0.25) is 0 Å². The number of nitrogens with zero attached hydrogens (tertiary/aromatic N) is 6. The zero-order chi connectivity index (χ0) is 19.0. The highest BCUT2D eigenvalue weighted by atomic mass is 16.7. The van der Waals surface area contributed by atoms with Crippen LogP contribution in [0.3, 0.4) is 0 Å². The van der Waals surface area contributed by atoms with Crippen molar-refractivity contribution in [3.05, 3.63) is 36.5 Å². The first-order chi connectivity index (χ1) is 13.8. The highest BCUT2D eigenvalue weighted by Crippen LogP contribution is 2.41. The maximum atomic E-state index is 5.98. The molecule has 1 aliphatic heterocycles. The number of anilines is 2. The lowest BCUT2D eigenvalue weighted by atomic mass is 9.81. The molecular formula is C20H23N7O. The van der Waals surface area contributed by atoms with Gasteiger partial charge in [0.05, 0.1) is 29.2 Å². The summed E-state index contributed by atoms with van der Waals surface area (Å²) in [6.07, 6.45) is 15.4. The first-order valence-corrected chi connectivity index (χ1v) is 9.91. The van der Waals surface area contributed by atoms with Gasteiger partial charge >= 0.3 is 0 Å². The number of aryl methyl sites for hydroxylation is 1. The van der Waals surface area contributed by atoms with E-state index >= 15 is 0 Å². The molecular weight excluding hydrogens is 354 g/mol. The molecule has 0 saturated heterocycles. The third kappa shape index (κ3) is 2.89. The second-order valence-corrected chi connectivity index (χ2v) is 7.51. The van der Waals surface area contributed by atoms with Crippen LogP contribution in [0.25, 0.3) is 11.0 Å². The van der Waals surface area contributed by atoms with Crippen molar-refractivity contribution < 1.29 is 4.84 Å². The largest absolute Gasteiger partial charge is 0.389 e. The zero-order valence-corrected chi connectivity index (χ0v) is 15.9. The predicted molar refractivity (Wildman–Crippen MR) is 107 cm³/mol. The van der Waals surface area contributed by atoms with Crippen molar-refractivity contribution in [2.45, 2.75) is 57.6 Å². The monoisotopic (exact) mass is 377 g/mol. The van der Waals surface area contributed by atoms with E-state index < -0.39 is 0 Å². The van der Waals surface area contributed by atoms with Crippen LogP contribution in [-0.4, -0.2) is 36.0 Å². The van der Waals surface area contributed by atoms with E-state index in [-0.39, 0.29) is 5.60 Å². The third-order valence-corrected chi connectivity index (χ3v) is 5.70. The number of hydrogen-bond donors (Lipinski definition) is 1. The van der Waals surface area contributed by atoms with Crippen LogP contribution in [0.15, 0.2) is 36.1 Å². The number of pyridine rings is 1. The molecule has 0 bridgehead atoms. The smallest absolute Gasteiger partial charge is 0.159 e. The summed E-state index contributed by atoms with van der Waals surface area (Å²) in [5, 5.41) is 13.3. The summed E-state index contributed by atoms with van der Waals surface area (Å²) in [5.74, 6) is 0.674. The van der Waals surface area contributed by atoms with Crippen LogP contribution >= 0.6 is 0 Å². The van der Waals surface area contributed by atoms with Gasteiger partial charge in [-0.25, -0.2) is 14.6 Å². The first-order valence-electron chi connectivity index (χ1n) is 9.91. The van der Waals surface area contributed by atoms with Gasteiger partial charge in [-0.15, -0.1) is 0 Å². The second-order valence-electron chi connectivity index (χ2n) is 7.51. The fourth-order valence-corrected chi connectivity index (χ4v) is 4.23. The van der Waals surface area contributed by atoms with E-state index in [2.05, 4.69) is 37.4 Å². The fraction of sp³-hybridized carbons (Fsp3) is 0.450. The topological polar surface area (TPSA) is 90.1 Å². The molecule has 144 valence electrons. The Bertz CT molecular complexity index is 1020. The molecule has 2 aliphatic rings. The maximum Gasteiger partial charge on any atom is 0.159 e. The number of nitrogens with one attached hydrogen (secondary N) is 1. The van der Waals surface area contributed by atoms with E-state index in [1.54, 1.807) is 18.6 Å². The van der Waals surface area contributed by atoms with Gasteiger partial charge in [0.2, 0.25) is 0 Å². The lowest BCUT2D eigenvalue weighted by Gasteiger charge is -2.30. The molecule has 0 unspecified atom stereocenters. The van der Waals surface area contributed by atoms with Gasteiger partial charge in [-0.3, -0.25) is 4.98 Å². The van der Waals surface area contributed by atoms with Crippen LogP contribution in [0, 0.1) is 0 Å². The van der Waals surface area contributed by atoms with Gasteiger partial charge in [0, 0.05) is 37.1 Å². The molecule has 0 radical (unpaired) electrons. The summed E-state index contributed by atoms with van der Waals surface area (Å²) >= 11 is 0. The molecule has 3 aromatic heterocycles. The summed E-state index contributed by atoms with van der Waals surface area (Å²) in [5.41, 5.74) is 3.48. The Morgan fingerprint density at radius 1 is 1.11 bits per heavy atom. The number of hydrogen-bond acceptors (Lipinski definition) is 7. The van der Waals surface area contributed by atoms with Crippen molar-refractivity contribution in [1.82, 2.24) is 24.7 Å². The van der Waals surface area contributed by atoms with E-state index in [4.69, 9.17) is 4.84 Å². The average Bonchev–Trinajstić information content (AvgIpc) is 3.34. The fourth-order valence-electron chi connectivity index (χ4n) is 4.23. The van der Waals surface area contributed by atoms with Gasteiger partial charge in [-0.1, -0.05) is 11.6 Å². The minimum Gasteiger partial charge on any atom is -0.389 e. The van der Waals surface area contributed by atoms with Crippen LogP contribution in [-0.2, 0) is 11.4 Å². The molecule has 0 amide bonds. The minimum absolute atomic E-state index is 0.139. The lowest BCUT2D eigenvalue weighted by molar-refractivity contribution is -0.0449. The van der Waals surface area contributed by atoms with Gasteiger partial charge in [0.15, 0.2) is 5.65 Å². The molecule has 5 rings (SSSR count). The molecule has 1 saturated carbocycles. The van der Waals surface area contributed by atoms with Crippen molar-refractivity contribution >= 4 is 28.3 Å². The van der Waals surface area contributed by atoms with E-state index in [1.807, 2.05) is 17.1 Å². The molecule has 8 heteroatoms. The Kier molecular flexibility index (Phi) is 4.18. The predicted octanol–water partition coefficient (Wildman–Crippen LogP) is 3.81. The summed E-state index contributed by atoms with van der Waals surface area (Å²) in [6, 6.07) is 0. The number of rotatable bonds is 4. The Labute approximate surface area is 163 Å². The van der Waals surface area contributed by atoms with Crippen LogP contribution in [0.5, 0.6) is 0 Å². The van der Waals surface area contributed by atoms with Crippen molar-refractivity contribution in [1.29, 1.82) is 0 Å². The van der Waals surface area contributed by atoms with Crippen molar-refractivity contribution in [2.75, 3.05) is 5.32 Å². The molecule has 28 heavy (non-hydrogen) atoms. The third-order valence-electron chi connectivity index (χ3n) is 5.70. The first kappa shape index (κ1) is 17.1. The second kappa shape index (κ2) is 6.85. The Balaban J connectivity index is 1.57. The molecule has 1 aliphatic carbocycles. The molecule has 8 nitrogen and oxygen atoms in total. The maximum absolute atomic E-state index is 5.98. The quantitative estimate of drug-likeness (QED) is 0.743. The van der Waals surface area contributed by atoms with Gasteiger partial charge < -0.3 is 10.2 Å². The molecule has 0 aromatic carbocycles. The molecule has 4 heterocycles. The van der Waals surface area contributed by atoms with Gasteiger partial charge in [-0.05, 0) is 32.6 Å². The van der Waals surface area contributed by atoms with Crippen LogP contribution in [0.4, 0.5) is 11.5 Å². The standard InChI is InChI=1S/C20H23N7O/c1-2-27-19-15(12-24-27)18(25-17-13-21-8-9-22-17)14(11-23-19)16-10-20(28-26-16)6-4-3-5-7-20/h8-9,11-13H,2-7,10H2,1H3,(H,22,23,25). The SMILES string of the molecule is CCn1ncc2c(Nc3cnccn3)c(C3=NOC4(CCCCC4)C3)cnc21. The van der Waals surface area contributed by atoms with E-state index in [0.29, 0.717) is 5.82 Å². The molecule has 0 atom stereocenters. The van der Waals surface area contributed by atoms with E-state index in [1.165, 1.54) is 19.3 Å². The van der Waals surface area contributed by atoms with Gasteiger partial charge in [0.25, 0.3) is 0 Å². The van der Waals surface area contributed by atoms with Crippen LogP contribution < -0.4 is 5.32 Å². The number of aromatic nitrogens is 5.